The highest BCUT2D eigenvalue weighted by atomic mass is 19.1. The van der Waals surface area contributed by atoms with Gasteiger partial charge in [-0.1, -0.05) is 42.5 Å². The third kappa shape index (κ3) is 6.91. The fourth-order valence-electron chi connectivity index (χ4n) is 2.02. The predicted molar refractivity (Wildman–Crippen MR) is 101 cm³/mol. The van der Waals surface area contributed by atoms with Crippen molar-refractivity contribution in [3.05, 3.63) is 72.1 Å². The summed E-state index contributed by atoms with van der Waals surface area (Å²) in [6.07, 6.45) is 1.86. The average molecular weight is 385 g/mol. The van der Waals surface area contributed by atoms with Crippen molar-refractivity contribution in [2.75, 3.05) is 6.54 Å². The lowest BCUT2D eigenvalue weighted by molar-refractivity contribution is -0.132. The van der Waals surface area contributed by atoms with Crippen molar-refractivity contribution in [3.8, 4) is 5.75 Å². The van der Waals surface area contributed by atoms with Crippen molar-refractivity contribution in [2.45, 2.75) is 13.0 Å². The zero-order valence-corrected chi connectivity index (χ0v) is 15.1. The number of carbonyl (C=O) groups is 3. The first-order chi connectivity index (χ1) is 13.5. The molecule has 28 heavy (non-hydrogen) atoms. The molecule has 1 atom stereocenters. The second-order valence-electron chi connectivity index (χ2n) is 5.69. The Bertz CT molecular complexity index is 856. The predicted octanol–water partition coefficient (Wildman–Crippen LogP) is 1.57. The molecule has 8 heteroatoms. The summed E-state index contributed by atoms with van der Waals surface area (Å²) in [7, 11) is 0. The number of hydrogen-bond acceptors (Lipinski definition) is 4. The fraction of sp³-hybridized carbons (Fsp3) is 0.150. The molecule has 0 spiro atoms. The number of nitrogens with one attached hydrogen (secondary N) is 3. The van der Waals surface area contributed by atoms with Crippen molar-refractivity contribution in [1.82, 2.24) is 16.2 Å². The van der Waals surface area contributed by atoms with E-state index in [0.29, 0.717) is 0 Å². The molecule has 0 radical (unpaired) electrons. The van der Waals surface area contributed by atoms with Crippen molar-refractivity contribution in [2.24, 2.45) is 0 Å². The van der Waals surface area contributed by atoms with E-state index in [9.17, 15) is 18.8 Å². The van der Waals surface area contributed by atoms with Gasteiger partial charge in [-0.15, -0.1) is 0 Å². The van der Waals surface area contributed by atoms with Crippen molar-refractivity contribution in [1.29, 1.82) is 0 Å². The van der Waals surface area contributed by atoms with Crippen LogP contribution < -0.4 is 20.9 Å². The molecule has 3 amide bonds. The van der Waals surface area contributed by atoms with E-state index in [-0.39, 0.29) is 12.3 Å². The first-order valence-electron chi connectivity index (χ1n) is 8.46. The highest BCUT2D eigenvalue weighted by Crippen LogP contribution is 2.16. The maximum atomic E-state index is 13.5. The number of hydrogen-bond donors (Lipinski definition) is 3. The molecule has 0 bridgehead atoms. The Balaban J connectivity index is 1.70. The van der Waals surface area contributed by atoms with Gasteiger partial charge in [0, 0.05) is 6.08 Å². The normalized spacial score (nSPS) is 11.5. The van der Waals surface area contributed by atoms with Gasteiger partial charge < -0.3 is 10.1 Å². The molecule has 0 saturated carbocycles. The first-order valence-corrected chi connectivity index (χ1v) is 8.46. The zero-order chi connectivity index (χ0) is 20.4. The first kappa shape index (κ1) is 20.6. The standard InChI is InChI=1S/C20H20FN3O4/c1-14(28-17-10-6-5-9-16(17)21)20(27)24-23-19(26)13-22-18(25)12-11-15-7-3-2-4-8-15/h2-12,14H,13H2,1H3,(H,22,25)(H,23,26)(H,24,27)/b12-11+/t14-/m0/s1. The van der Waals surface area contributed by atoms with Crippen LogP contribution in [0.1, 0.15) is 12.5 Å². The Morgan fingerprint density at radius 3 is 2.43 bits per heavy atom. The molecular formula is C20H20FN3O4. The Morgan fingerprint density at radius 1 is 1.04 bits per heavy atom. The number of rotatable bonds is 7. The van der Waals surface area contributed by atoms with Gasteiger partial charge in [0.1, 0.15) is 0 Å². The van der Waals surface area contributed by atoms with Gasteiger partial charge in [-0.05, 0) is 30.7 Å². The van der Waals surface area contributed by atoms with Crippen LogP contribution in [0.2, 0.25) is 0 Å². The molecule has 3 N–H and O–H groups in total. The Kier molecular flexibility index (Phi) is 7.71. The molecule has 2 aromatic carbocycles. The second-order valence-corrected chi connectivity index (χ2v) is 5.69. The molecule has 0 aromatic heterocycles. The van der Waals surface area contributed by atoms with E-state index in [0.717, 1.165) is 5.56 Å². The molecule has 0 aliphatic heterocycles. The number of hydrazine groups is 1. The molecule has 7 nitrogen and oxygen atoms in total. The second kappa shape index (κ2) is 10.5. The van der Waals surface area contributed by atoms with Gasteiger partial charge in [0.2, 0.25) is 5.91 Å². The summed E-state index contributed by atoms with van der Waals surface area (Å²) in [5, 5.41) is 2.38. The maximum absolute atomic E-state index is 13.5. The molecule has 2 aromatic rings. The van der Waals surface area contributed by atoms with Crippen LogP contribution in [0.15, 0.2) is 60.7 Å². The lowest BCUT2D eigenvalue weighted by Gasteiger charge is -2.15. The fourth-order valence-corrected chi connectivity index (χ4v) is 2.02. The number of halogens is 1. The number of ether oxygens (including phenoxy) is 1. The molecule has 0 aliphatic rings. The van der Waals surface area contributed by atoms with Gasteiger partial charge in [-0.3, -0.25) is 25.2 Å². The Labute approximate surface area is 161 Å². The third-order valence-corrected chi connectivity index (χ3v) is 3.48. The van der Waals surface area contributed by atoms with E-state index in [2.05, 4.69) is 16.2 Å². The molecule has 0 fully saturated rings. The van der Waals surface area contributed by atoms with Crippen molar-refractivity contribution < 1.29 is 23.5 Å². The number of carbonyl (C=O) groups excluding carboxylic acids is 3. The zero-order valence-electron chi connectivity index (χ0n) is 15.1. The van der Waals surface area contributed by atoms with Gasteiger partial charge in [0.05, 0.1) is 6.54 Å². The van der Waals surface area contributed by atoms with E-state index in [1.54, 1.807) is 12.1 Å². The lowest BCUT2D eigenvalue weighted by Crippen LogP contribution is -2.49. The molecular weight excluding hydrogens is 365 g/mol. The smallest absolute Gasteiger partial charge is 0.279 e. The van der Waals surface area contributed by atoms with E-state index >= 15 is 0 Å². The SMILES string of the molecule is C[C@H](Oc1ccccc1F)C(=O)NNC(=O)CNC(=O)/C=C/c1ccccc1. The lowest BCUT2D eigenvalue weighted by atomic mass is 10.2. The van der Waals surface area contributed by atoms with Crippen LogP contribution in [0.3, 0.4) is 0 Å². The van der Waals surface area contributed by atoms with Crippen molar-refractivity contribution in [3.63, 3.8) is 0 Å². The molecule has 0 saturated heterocycles. The largest absolute Gasteiger partial charge is 0.478 e. The number of amides is 3. The van der Waals surface area contributed by atoms with Crippen LogP contribution in [0.25, 0.3) is 6.08 Å². The summed E-state index contributed by atoms with van der Waals surface area (Å²) >= 11 is 0. The quantitative estimate of drug-likeness (QED) is 0.498. The van der Waals surface area contributed by atoms with Crippen LogP contribution in [0.4, 0.5) is 4.39 Å². The van der Waals surface area contributed by atoms with Crippen LogP contribution in [0.5, 0.6) is 5.75 Å². The van der Waals surface area contributed by atoms with E-state index < -0.39 is 29.6 Å². The summed E-state index contributed by atoms with van der Waals surface area (Å²) in [6, 6.07) is 14.9. The van der Waals surface area contributed by atoms with E-state index in [1.165, 1.54) is 31.2 Å². The molecule has 2 rings (SSSR count). The minimum absolute atomic E-state index is 0.0751. The highest BCUT2D eigenvalue weighted by Gasteiger charge is 2.17. The summed E-state index contributed by atoms with van der Waals surface area (Å²) in [4.78, 5) is 35.3. The average Bonchev–Trinajstić information content (AvgIpc) is 2.71. The maximum Gasteiger partial charge on any atom is 0.279 e. The molecule has 0 aliphatic carbocycles. The third-order valence-electron chi connectivity index (χ3n) is 3.48. The monoisotopic (exact) mass is 385 g/mol. The Morgan fingerprint density at radius 2 is 1.71 bits per heavy atom. The molecule has 0 heterocycles. The van der Waals surface area contributed by atoms with Gasteiger partial charge >= 0.3 is 0 Å². The van der Waals surface area contributed by atoms with Gasteiger partial charge in [-0.25, -0.2) is 4.39 Å². The van der Waals surface area contributed by atoms with Gasteiger partial charge in [0.15, 0.2) is 17.7 Å². The summed E-state index contributed by atoms with van der Waals surface area (Å²) in [5.74, 6) is -2.44. The Hall–Kier alpha value is -3.68. The minimum Gasteiger partial charge on any atom is -0.478 e. The number of benzene rings is 2. The molecule has 0 unspecified atom stereocenters. The van der Waals surface area contributed by atoms with Crippen molar-refractivity contribution >= 4 is 23.8 Å². The number of para-hydroxylation sites is 1. The summed E-state index contributed by atoms with van der Waals surface area (Å²) in [6.45, 7) is 1.07. The highest BCUT2D eigenvalue weighted by molar-refractivity contribution is 5.94. The topological polar surface area (TPSA) is 96.5 Å². The van der Waals surface area contributed by atoms with Crippen LogP contribution in [-0.2, 0) is 14.4 Å². The van der Waals surface area contributed by atoms with Gasteiger partial charge in [0.25, 0.3) is 11.8 Å². The van der Waals surface area contributed by atoms with E-state index in [1.807, 2.05) is 30.3 Å². The van der Waals surface area contributed by atoms with Gasteiger partial charge in [-0.2, -0.15) is 0 Å². The van der Waals surface area contributed by atoms with Crippen LogP contribution >= 0.6 is 0 Å². The summed E-state index contributed by atoms with van der Waals surface area (Å²) < 4.78 is 18.7. The summed E-state index contributed by atoms with van der Waals surface area (Å²) in [5.41, 5.74) is 5.14. The van der Waals surface area contributed by atoms with Crippen LogP contribution in [0, 0.1) is 5.82 Å². The van der Waals surface area contributed by atoms with Crippen LogP contribution in [-0.4, -0.2) is 30.4 Å². The van der Waals surface area contributed by atoms with E-state index in [4.69, 9.17) is 4.74 Å². The minimum atomic E-state index is -1.04. The molecule has 146 valence electrons.